The van der Waals surface area contributed by atoms with Gasteiger partial charge in [-0.15, -0.1) is 0 Å². The van der Waals surface area contributed by atoms with Gasteiger partial charge < -0.3 is 14.5 Å². The third-order valence-electron chi connectivity index (χ3n) is 4.67. The third-order valence-corrected chi connectivity index (χ3v) is 9.92. The van der Waals surface area contributed by atoms with Gasteiger partial charge in [-0.3, -0.25) is 4.79 Å². The van der Waals surface area contributed by atoms with Crippen LogP contribution in [0.25, 0.3) is 0 Å². The smallest absolute Gasteiger partial charge is 0.350 e. The number of carbonyl (C=O) groups is 2. The molecule has 0 bridgehead atoms. The average molecular weight is 421 g/mol. The van der Waals surface area contributed by atoms with Crippen LogP contribution < -0.4 is 9.74 Å². The molecule has 0 radical (unpaired) electrons. The lowest BCUT2D eigenvalue weighted by molar-refractivity contribution is -0.115. The minimum absolute atomic E-state index is 0.0991. The Morgan fingerprint density at radius 1 is 1.25 bits per heavy atom. The summed E-state index contributed by atoms with van der Waals surface area (Å²) in [5, 5.41) is 3.20. The number of hydrogen-bond donors (Lipinski definition) is 1. The Balaban J connectivity index is 2.00. The van der Waals surface area contributed by atoms with Crippen LogP contribution in [0.5, 0.6) is 5.75 Å². The van der Waals surface area contributed by atoms with E-state index in [1.54, 1.807) is 6.92 Å². The highest BCUT2D eigenvalue weighted by atomic mass is 32.1. The standard InChI is InChI=1S/C20H28N2O4SSi/c1-7-25-18(24)16-13-21-19(27-16)22-17(23)12-14-9-8-10-15(11-14)26-28(5,6)20(2,3)4/h8-11,13H,7,12H2,1-6H3,(H,21,22,23). The molecule has 0 atom stereocenters. The zero-order valence-electron chi connectivity index (χ0n) is 17.3. The van der Waals surface area contributed by atoms with E-state index in [0.717, 1.165) is 22.6 Å². The summed E-state index contributed by atoms with van der Waals surface area (Å²) in [5.41, 5.74) is 0.857. The second kappa shape index (κ2) is 8.87. The van der Waals surface area contributed by atoms with Crippen LogP contribution in [0.15, 0.2) is 30.5 Å². The summed E-state index contributed by atoms with van der Waals surface area (Å²) in [7, 11) is -1.94. The van der Waals surface area contributed by atoms with Crippen molar-refractivity contribution in [3.05, 3.63) is 40.9 Å². The van der Waals surface area contributed by atoms with E-state index < -0.39 is 14.3 Å². The SMILES string of the molecule is CCOC(=O)c1cnc(NC(=O)Cc2cccc(O[Si](C)(C)C(C)(C)C)c2)s1. The van der Waals surface area contributed by atoms with Crippen LogP contribution >= 0.6 is 11.3 Å². The number of rotatable bonds is 7. The van der Waals surface area contributed by atoms with Crippen LogP contribution in [0.2, 0.25) is 18.1 Å². The van der Waals surface area contributed by atoms with Crippen LogP contribution in [0.4, 0.5) is 5.13 Å². The van der Waals surface area contributed by atoms with E-state index in [1.807, 2.05) is 24.3 Å². The topological polar surface area (TPSA) is 77.5 Å². The van der Waals surface area contributed by atoms with Gasteiger partial charge in [0, 0.05) is 0 Å². The molecule has 2 aromatic rings. The van der Waals surface area contributed by atoms with Crippen molar-refractivity contribution in [3.8, 4) is 5.75 Å². The lowest BCUT2D eigenvalue weighted by Crippen LogP contribution is -2.43. The van der Waals surface area contributed by atoms with Gasteiger partial charge >= 0.3 is 5.97 Å². The van der Waals surface area contributed by atoms with Crippen molar-refractivity contribution in [1.82, 2.24) is 4.98 Å². The number of hydrogen-bond acceptors (Lipinski definition) is 6. The lowest BCUT2D eigenvalue weighted by atomic mass is 10.1. The predicted molar refractivity (Wildman–Crippen MR) is 115 cm³/mol. The van der Waals surface area contributed by atoms with Crippen LogP contribution in [0.3, 0.4) is 0 Å². The van der Waals surface area contributed by atoms with Crippen LogP contribution in [-0.2, 0) is 16.0 Å². The molecule has 1 aromatic heterocycles. The molecule has 28 heavy (non-hydrogen) atoms. The normalized spacial score (nSPS) is 11.8. The van der Waals surface area contributed by atoms with Gasteiger partial charge in [0.25, 0.3) is 0 Å². The van der Waals surface area contributed by atoms with E-state index in [-0.39, 0.29) is 17.4 Å². The zero-order chi connectivity index (χ0) is 20.9. The number of thiazole rings is 1. The molecule has 0 aliphatic rings. The molecular formula is C20H28N2O4SSi. The number of nitrogens with one attached hydrogen (secondary N) is 1. The Morgan fingerprint density at radius 3 is 2.61 bits per heavy atom. The first-order valence-corrected chi connectivity index (χ1v) is 12.9. The molecule has 8 heteroatoms. The summed E-state index contributed by atoms with van der Waals surface area (Å²) >= 11 is 1.10. The Morgan fingerprint density at radius 2 is 1.96 bits per heavy atom. The largest absolute Gasteiger partial charge is 0.543 e. The van der Waals surface area contributed by atoms with E-state index in [1.165, 1.54) is 6.20 Å². The van der Waals surface area contributed by atoms with Crippen LogP contribution in [0, 0.1) is 0 Å². The highest BCUT2D eigenvalue weighted by Crippen LogP contribution is 2.37. The fourth-order valence-electron chi connectivity index (χ4n) is 2.14. The molecule has 152 valence electrons. The van der Waals surface area contributed by atoms with Crippen molar-refractivity contribution in [2.75, 3.05) is 11.9 Å². The summed E-state index contributed by atoms with van der Waals surface area (Å²) in [6.07, 6.45) is 1.61. The van der Waals surface area contributed by atoms with E-state index in [2.05, 4.69) is 44.2 Å². The summed E-state index contributed by atoms with van der Waals surface area (Å²) in [5.74, 6) is 0.154. The van der Waals surface area contributed by atoms with Crippen molar-refractivity contribution >= 4 is 36.7 Å². The van der Waals surface area contributed by atoms with Gasteiger partial charge in [0.1, 0.15) is 10.6 Å². The molecule has 0 aliphatic carbocycles. The monoisotopic (exact) mass is 420 g/mol. The first-order valence-electron chi connectivity index (χ1n) is 9.22. The molecule has 1 aromatic carbocycles. The molecule has 0 fully saturated rings. The van der Waals surface area contributed by atoms with Gasteiger partial charge in [0.15, 0.2) is 5.13 Å². The summed E-state index contributed by atoms with van der Waals surface area (Å²) in [4.78, 5) is 28.5. The highest BCUT2D eigenvalue weighted by molar-refractivity contribution is 7.17. The fourth-order valence-corrected chi connectivity index (χ4v) is 3.89. The minimum Gasteiger partial charge on any atom is -0.543 e. The summed E-state index contributed by atoms with van der Waals surface area (Å²) < 4.78 is 11.2. The summed E-state index contributed by atoms with van der Waals surface area (Å²) in [6, 6.07) is 7.62. The molecule has 0 aliphatic heterocycles. The second-order valence-electron chi connectivity index (χ2n) is 7.98. The van der Waals surface area contributed by atoms with Crippen molar-refractivity contribution in [1.29, 1.82) is 0 Å². The number of esters is 1. The van der Waals surface area contributed by atoms with Gasteiger partial charge in [-0.05, 0) is 42.8 Å². The van der Waals surface area contributed by atoms with Crippen LogP contribution in [-0.4, -0.2) is 31.8 Å². The molecule has 6 nitrogen and oxygen atoms in total. The van der Waals surface area contributed by atoms with Crippen LogP contribution in [0.1, 0.15) is 42.9 Å². The number of amides is 1. The third kappa shape index (κ3) is 5.90. The van der Waals surface area contributed by atoms with Gasteiger partial charge in [-0.2, -0.15) is 0 Å². The molecule has 1 N–H and O–H groups in total. The molecular weight excluding hydrogens is 392 g/mol. The van der Waals surface area contributed by atoms with E-state index in [4.69, 9.17) is 9.16 Å². The van der Waals surface area contributed by atoms with Crippen molar-refractivity contribution in [2.24, 2.45) is 0 Å². The van der Waals surface area contributed by atoms with Crippen molar-refractivity contribution in [2.45, 2.75) is 52.2 Å². The van der Waals surface area contributed by atoms with Crippen molar-refractivity contribution in [3.63, 3.8) is 0 Å². The summed E-state index contributed by atoms with van der Waals surface area (Å²) in [6.45, 7) is 13.0. The number of anilines is 1. The lowest BCUT2D eigenvalue weighted by Gasteiger charge is -2.36. The molecule has 0 unspecified atom stereocenters. The van der Waals surface area contributed by atoms with Gasteiger partial charge in [-0.1, -0.05) is 44.2 Å². The molecule has 0 saturated heterocycles. The maximum Gasteiger partial charge on any atom is 0.350 e. The Bertz CT molecular complexity index is 843. The number of aromatic nitrogens is 1. The average Bonchev–Trinajstić information content (AvgIpc) is 3.02. The molecule has 0 spiro atoms. The highest BCUT2D eigenvalue weighted by Gasteiger charge is 2.38. The number of benzene rings is 1. The first-order chi connectivity index (χ1) is 13.0. The Kier molecular flexibility index (Phi) is 7.00. The Hall–Kier alpha value is -2.19. The fraction of sp³-hybridized carbons (Fsp3) is 0.450. The van der Waals surface area contributed by atoms with Gasteiger partial charge in [-0.25, -0.2) is 9.78 Å². The molecule has 1 heterocycles. The second-order valence-corrected chi connectivity index (χ2v) is 13.7. The minimum atomic E-state index is -1.94. The molecule has 2 rings (SSSR count). The Labute approximate surface area is 171 Å². The predicted octanol–water partition coefficient (Wildman–Crippen LogP) is 4.89. The van der Waals surface area contributed by atoms with Gasteiger partial charge in [0.05, 0.1) is 19.2 Å². The quantitative estimate of drug-likeness (QED) is 0.510. The zero-order valence-corrected chi connectivity index (χ0v) is 19.1. The van der Waals surface area contributed by atoms with Crippen molar-refractivity contribution < 1.29 is 18.8 Å². The van der Waals surface area contributed by atoms with E-state index in [9.17, 15) is 9.59 Å². The number of ether oxygens (including phenoxy) is 1. The van der Waals surface area contributed by atoms with Gasteiger partial charge in [0.2, 0.25) is 14.2 Å². The number of nitrogens with zero attached hydrogens (tertiary/aromatic N) is 1. The number of carbonyl (C=O) groups excluding carboxylic acids is 2. The molecule has 0 saturated carbocycles. The maximum absolute atomic E-state index is 12.3. The van der Waals surface area contributed by atoms with E-state index in [0.29, 0.717) is 16.6 Å². The first kappa shape index (κ1) is 22.1. The maximum atomic E-state index is 12.3. The van der Waals surface area contributed by atoms with E-state index >= 15 is 0 Å². The molecule has 1 amide bonds.